The maximum Gasteiger partial charge on any atom is 0.299 e. The Morgan fingerprint density at radius 2 is 0.960 bits per heavy atom. The highest BCUT2D eigenvalue weighted by Gasteiger charge is 2.42. The minimum atomic E-state index is -5.90. The minimum absolute atomic E-state index is 0.565. The Morgan fingerprint density at radius 3 is 1.32 bits per heavy atom. The summed E-state index contributed by atoms with van der Waals surface area (Å²) < 4.78 is 133. The largest absolute Gasteiger partial charge is 0.463 e. The van der Waals surface area contributed by atoms with Gasteiger partial charge in [-0.3, -0.25) is 18.2 Å². The fourth-order valence-corrected chi connectivity index (χ4v) is 6.93. The first-order chi connectivity index (χ1) is 11.0. The lowest BCUT2D eigenvalue weighted by Gasteiger charge is -2.13. The molecular weight excluding hydrogens is 432 g/mol. The van der Waals surface area contributed by atoms with Gasteiger partial charge in [-0.15, -0.1) is 0 Å². The topological polar surface area (TPSA) is 231 Å². The van der Waals surface area contributed by atoms with Crippen molar-refractivity contribution in [3.63, 3.8) is 0 Å². The van der Waals surface area contributed by atoms with Crippen LogP contribution in [0.1, 0.15) is 0 Å². The van der Waals surface area contributed by atoms with E-state index in [0.29, 0.717) is 12.3 Å². The highest BCUT2D eigenvalue weighted by atomic mass is 32.2. The molecule has 1 heterocycles. The zero-order valence-electron chi connectivity index (χ0n) is 11.3. The second-order valence-electron chi connectivity index (χ2n) is 4.38. The fourth-order valence-electron chi connectivity index (χ4n) is 2.05. The van der Waals surface area contributed by atoms with E-state index in [9.17, 15) is 47.3 Å². The summed E-state index contributed by atoms with van der Waals surface area (Å²) in [4.78, 5) is -8.03. The van der Waals surface area contributed by atoms with Crippen LogP contribution in [0.25, 0.3) is 11.0 Å². The predicted octanol–water partition coefficient (Wildman–Crippen LogP) is -0.580. The van der Waals surface area contributed by atoms with Crippen molar-refractivity contribution in [1.29, 1.82) is 0 Å². The van der Waals surface area contributed by atoms with Gasteiger partial charge in [0.05, 0.1) is 6.26 Å². The molecule has 0 aliphatic heterocycles. The van der Waals surface area contributed by atoms with Crippen molar-refractivity contribution in [2.75, 3.05) is 0 Å². The van der Waals surface area contributed by atoms with Crippen molar-refractivity contribution in [2.24, 2.45) is 0 Å². The molecule has 4 N–H and O–H groups in total. The van der Waals surface area contributed by atoms with Crippen LogP contribution >= 0.6 is 0 Å². The standard InChI is InChI=1S/C8H6O13S4/c9-22(10,11)5-3-1-2-21-4(3)6(23(12,13)14)8(25(18,19)20)7(5)24(15,16)17/h1-2H,(H,9,10,11)(H,12,13,14)(H,15,16,17)(H,18,19,20). The van der Waals surface area contributed by atoms with E-state index in [0.717, 1.165) is 0 Å². The van der Waals surface area contributed by atoms with Crippen LogP contribution in [0.5, 0.6) is 0 Å². The molecule has 0 atom stereocenters. The zero-order valence-corrected chi connectivity index (χ0v) is 14.5. The summed E-state index contributed by atoms with van der Waals surface area (Å²) in [6.07, 6.45) is 0.565. The molecule has 0 aliphatic rings. The van der Waals surface area contributed by atoms with Crippen molar-refractivity contribution in [2.45, 2.75) is 19.6 Å². The van der Waals surface area contributed by atoms with E-state index in [1.807, 2.05) is 0 Å². The number of hydrogen-bond acceptors (Lipinski definition) is 9. The Bertz CT molecular complexity index is 1200. The molecule has 0 aliphatic carbocycles. The minimum Gasteiger partial charge on any atom is -0.463 e. The fraction of sp³-hybridized carbons (Fsp3) is 0. The van der Waals surface area contributed by atoms with Crippen LogP contribution in [0, 0.1) is 0 Å². The van der Waals surface area contributed by atoms with Crippen LogP contribution < -0.4 is 0 Å². The lowest BCUT2D eigenvalue weighted by molar-refractivity contribution is 0.447. The van der Waals surface area contributed by atoms with Crippen molar-refractivity contribution < 1.29 is 56.3 Å². The summed E-state index contributed by atoms with van der Waals surface area (Å²) in [5.74, 6) is 0. The van der Waals surface area contributed by atoms with E-state index in [1.54, 1.807) is 0 Å². The molecule has 2 aromatic rings. The lowest BCUT2D eigenvalue weighted by atomic mass is 10.2. The number of fused-ring (bicyclic) bond motifs is 1. The first kappa shape index (κ1) is 19.7. The van der Waals surface area contributed by atoms with Crippen molar-refractivity contribution in [1.82, 2.24) is 0 Å². The summed E-state index contributed by atoms with van der Waals surface area (Å²) in [5.41, 5.74) is -1.21. The lowest BCUT2D eigenvalue weighted by Crippen LogP contribution is -2.19. The van der Waals surface area contributed by atoms with Crippen LogP contribution in [-0.4, -0.2) is 51.9 Å². The normalized spacial score (nSPS) is 14.1. The van der Waals surface area contributed by atoms with Crippen LogP contribution in [0.3, 0.4) is 0 Å². The molecule has 17 heteroatoms. The van der Waals surface area contributed by atoms with E-state index in [4.69, 9.17) is 4.55 Å². The molecular formula is C8H6O13S4. The molecule has 0 amide bonds. The highest BCUT2D eigenvalue weighted by molar-refractivity contribution is 7.91. The van der Waals surface area contributed by atoms with Crippen LogP contribution in [0.2, 0.25) is 0 Å². The second kappa shape index (κ2) is 5.45. The van der Waals surface area contributed by atoms with Crippen molar-refractivity contribution in [3.05, 3.63) is 12.3 Å². The Kier molecular flexibility index (Phi) is 4.30. The summed E-state index contributed by atoms with van der Waals surface area (Å²) in [5, 5.41) is -1.00. The van der Waals surface area contributed by atoms with E-state index in [2.05, 4.69) is 4.42 Å². The molecule has 2 rings (SSSR count). The SMILES string of the molecule is O=S(=O)(O)c1c(S(=O)(=O)O)c(S(=O)(=O)O)c2occc2c1S(=O)(=O)O. The number of benzene rings is 1. The molecule has 0 spiro atoms. The Morgan fingerprint density at radius 1 is 0.600 bits per heavy atom. The van der Waals surface area contributed by atoms with Crippen LogP contribution in [0.4, 0.5) is 0 Å². The third-order valence-corrected chi connectivity index (χ3v) is 6.85. The molecule has 0 radical (unpaired) electrons. The first-order valence-electron chi connectivity index (χ1n) is 5.44. The van der Waals surface area contributed by atoms with Crippen LogP contribution in [0.15, 0.2) is 36.3 Å². The van der Waals surface area contributed by atoms with Gasteiger partial charge in [0.1, 0.15) is 14.7 Å². The number of furan rings is 1. The number of hydrogen-bond donors (Lipinski definition) is 4. The van der Waals surface area contributed by atoms with Gasteiger partial charge >= 0.3 is 0 Å². The third kappa shape index (κ3) is 3.40. The quantitative estimate of drug-likeness (QED) is 0.438. The second-order valence-corrected chi connectivity index (χ2v) is 9.81. The highest BCUT2D eigenvalue weighted by Crippen LogP contribution is 2.41. The molecule has 140 valence electrons. The van der Waals surface area contributed by atoms with Gasteiger partial charge in [0.15, 0.2) is 10.5 Å². The van der Waals surface area contributed by atoms with Crippen LogP contribution in [-0.2, 0) is 40.5 Å². The molecule has 1 aromatic carbocycles. The average Bonchev–Trinajstić information content (AvgIpc) is 2.78. The Hall–Kier alpha value is -1.60. The molecule has 0 fully saturated rings. The van der Waals surface area contributed by atoms with E-state index in [-0.39, 0.29) is 0 Å². The average molecular weight is 438 g/mol. The van der Waals surface area contributed by atoms with E-state index < -0.39 is 71.0 Å². The first-order valence-corrected chi connectivity index (χ1v) is 11.2. The van der Waals surface area contributed by atoms with Gasteiger partial charge in [-0.05, 0) is 6.07 Å². The number of rotatable bonds is 4. The summed E-state index contributed by atoms with van der Waals surface area (Å²) in [6.45, 7) is 0. The Labute approximate surface area is 139 Å². The van der Waals surface area contributed by atoms with Gasteiger partial charge in [-0.1, -0.05) is 0 Å². The molecule has 0 unspecified atom stereocenters. The molecule has 25 heavy (non-hydrogen) atoms. The van der Waals surface area contributed by atoms with Gasteiger partial charge in [-0.25, -0.2) is 0 Å². The molecule has 13 nitrogen and oxygen atoms in total. The monoisotopic (exact) mass is 438 g/mol. The maximum atomic E-state index is 11.5. The summed E-state index contributed by atoms with van der Waals surface area (Å²) in [6, 6.07) is 0.607. The predicted molar refractivity (Wildman–Crippen MR) is 75.5 cm³/mol. The van der Waals surface area contributed by atoms with Crippen molar-refractivity contribution >= 4 is 51.4 Å². The zero-order chi connectivity index (χ0) is 19.6. The van der Waals surface area contributed by atoms with Gasteiger partial charge in [0, 0.05) is 5.39 Å². The Balaban J connectivity index is 3.56. The van der Waals surface area contributed by atoms with Gasteiger partial charge in [0.2, 0.25) is 0 Å². The summed E-state index contributed by atoms with van der Waals surface area (Å²) >= 11 is 0. The van der Waals surface area contributed by atoms with E-state index in [1.165, 1.54) is 0 Å². The van der Waals surface area contributed by atoms with Gasteiger partial charge in [0.25, 0.3) is 40.5 Å². The van der Waals surface area contributed by atoms with Crippen molar-refractivity contribution in [3.8, 4) is 0 Å². The van der Waals surface area contributed by atoms with Gasteiger partial charge < -0.3 is 4.42 Å². The third-order valence-electron chi connectivity index (χ3n) is 2.77. The van der Waals surface area contributed by atoms with E-state index >= 15 is 0 Å². The smallest absolute Gasteiger partial charge is 0.299 e. The molecule has 1 aromatic heterocycles. The molecule has 0 bridgehead atoms. The molecule has 0 saturated carbocycles. The molecule has 0 saturated heterocycles. The maximum absolute atomic E-state index is 11.5. The summed E-state index contributed by atoms with van der Waals surface area (Å²) in [7, 11) is -23.0. The van der Waals surface area contributed by atoms with Gasteiger partial charge in [-0.2, -0.15) is 33.7 Å².